The van der Waals surface area contributed by atoms with E-state index in [1.54, 1.807) is 36.4 Å². The Morgan fingerprint density at radius 3 is 2.57 bits per heavy atom. The van der Waals surface area contributed by atoms with E-state index < -0.39 is 11.9 Å². The number of anilines is 2. The normalized spacial score (nSPS) is 10.2. The summed E-state index contributed by atoms with van der Waals surface area (Å²) in [7, 11) is 1.29. The summed E-state index contributed by atoms with van der Waals surface area (Å²) in [5, 5.41) is 5.63. The monoisotopic (exact) mass is 380 g/mol. The van der Waals surface area contributed by atoms with Gasteiger partial charge in [-0.1, -0.05) is 24.3 Å². The molecule has 0 aliphatic carbocycles. The number of esters is 1. The predicted octanol–water partition coefficient (Wildman–Crippen LogP) is 3.08. The maximum Gasteiger partial charge on any atom is 0.339 e. The van der Waals surface area contributed by atoms with Crippen LogP contribution in [0.1, 0.15) is 26.4 Å². The van der Waals surface area contributed by atoms with Crippen molar-refractivity contribution in [2.75, 3.05) is 12.4 Å². The van der Waals surface area contributed by atoms with Crippen LogP contribution in [-0.4, -0.2) is 29.0 Å². The van der Waals surface area contributed by atoms with Gasteiger partial charge in [-0.15, -0.1) is 0 Å². The molecule has 8 heteroatoms. The first kappa shape index (κ1) is 19.0. The number of nitrogens with one attached hydrogen (secondary N) is 2. The highest BCUT2D eigenvalue weighted by Gasteiger charge is 2.13. The van der Waals surface area contributed by atoms with Crippen molar-refractivity contribution in [2.45, 2.75) is 6.54 Å². The van der Waals surface area contributed by atoms with Crippen LogP contribution in [0.25, 0.3) is 0 Å². The Labute approximate surface area is 160 Å². The number of carbonyl (C=O) groups is 2. The topological polar surface area (TPSA) is 93.2 Å². The Bertz CT molecular complexity index is 993. The highest BCUT2D eigenvalue weighted by Crippen LogP contribution is 2.19. The molecule has 0 saturated heterocycles. The number of nitrogens with zero attached hydrogens (tertiary/aromatic N) is 2. The number of carbonyl (C=O) groups excluding carboxylic acids is 2. The molecule has 28 heavy (non-hydrogen) atoms. The molecule has 1 aromatic heterocycles. The Morgan fingerprint density at radius 2 is 1.82 bits per heavy atom. The molecule has 0 aliphatic rings. The first-order chi connectivity index (χ1) is 13.6. The molecule has 0 fully saturated rings. The lowest BCUT2D eigenvalue weighted by Crippen LogP contribution is -2.24. The van der Waals surface area contributed by atoms with Gasteiger partial charge >= 0.3 is 5.97 Å². The average Bonchev–Trinajstić information content (AvgIpc) is 2.73. The van der Waals surface area contributed by atoms with Gasteiger partial charge in [-0.25, -0.2) is 19.2 Å². The number of amides is 1. The number of para-hydroxylation sites is 1. The molecule has 0 saturated carbocycles. The van der Waals surface area contributed by atoms with Crippen molar-refractivity contribution in [3.05, 3.63) is 83.4 Å². The first-order valence-electron chi connectivity index (χ1n) is 8.37. The van der Waals surface area contributed by atoms with Crippen LogP contribution in [0.2, 0.25) is 0 Å². The first-order valence-corrected chi connectivity index (χ1v) is 8.37. The Hall–Kier alpha value is -3.81. The third-order valence-corrected chi connectivity index (χ3v) is 3.83. The van der Waals surface area contributed by atoms with Gasteiger partial charge in [-0.2, -0.15) is 0 Å². The highest BCUT2D eigenvalue weighted by atomic mass is 19.1. The SMILES string of the molecule is COC(=O)c1ccccc1Nc1nccc(C(=O)NCc2ccc(F)cc2)n1. The molecule has 3 rings (SSSR count). The third-order valence-electron chi connectivity index (χ3n) is 3.83. The molecular weight excluding hydrogens is 363 g/mol. The Kier molecular flexibility index (Phi) is 5.91. The van der Waals surface area contributed by atoms with Crippen LogP contribution in [0.5, 0.6) is 0 Å². The predicted molar refractivity (Wildman–Crippen MR) is 101 cm³/mol. The largest absolute Gasteiger partial charge is 0.465 e. The lowest BCUT2D eigenvalue weighted by Gasteiger charge is -2.10. The van der Waals surface area contributed by atoms with Gasteiger partial charge in [-0.3, -0.25) is 4.79 Å². The zero-order valence-electron chi connectivity index (χ0n) is 15.0. The van der Waals surface area contributed by atoms with Crippen LogP contribution in [0, 0.1) is 5.82 Å². The fourth-order valence-electron chi connectivity index (χ4n) is 2.42. The maximum absolute atomic E-state index is 12.9. The Morgan fingerprint density at radius 1 is 1.07 bits per heavy atom. The molecule has 2 aromatic carbocycles. The molecule has 3 aromatic rings. The van der Waals surface area contributed by atoms with Gasteiger partial charge < -0.3 is 15.4 Å². The second-order valence-corrected chi connectivity index (χ2v) is 5.74. The standard InChI is InChI=1S/C20H17FN4O3/c1-28-19(27)15-4-2-3-5-16(15)24-20-22-11-10-17(25-20)18(26)23-12-13-6-8-14(21)9-7-13/h2-11H,12H2,1H3,(H,23,26)(H,22,24,25). The van der Waals surface area contributed by atoms with E-state index in [-0.39, 0.29) is 24.0 Å². The number of benzene rings is 2. The smallest absolute Gasteiger partial charge is 0.339 e. The molecule has 0 atom stereocenters. The maximum atomic E-state index is 12.9. The van der Waals surface area contributed by atoms with E-state index in [0.29, 0.717) is 11.3 Å². The molecule has 0 bridgehead atoms. The Balaban J connectivity index is 1.71. The lowest BCUT2D eigenvalue weighted by molar-refractivity contribution is 0.0601. The number of halogens is 1. The van der Waals surface area contributed by atoms with Crippen LogP contribution in [-0.2, 0) is 11.3 Å². The van der Waals surface area contributed by atoms with Crippen LogP contribution in [0.3, 0.4) is 0 Å². The summed E-state index contributed by atoms with van der Waals surface area (Å²) >= 11 is 0. The molecule has 142 valence electrons. The van der Waals surface area contributed by atoms with Gasteiger partial charge in [0, 0.05) is 12.7 Å². The van der Waals surface area contributed by atoms with Crippen molar-refractivity contribution in [2.24, 2.45) is 0 Å². The van der Waals surface area contributed by atoms with Crippen LogP contribution >= 0.6 is 0 Å². The molecule has 7 nitrogen and oxygen atoms in total. The van der Waals surface area contributed by atoms with Gasteiger partial charge in [0.1, 0.15) is 11.5 Å². The second kappa shape index (κ2) is 8.72. The highest BCUT2D eigenvalue weighted by molar-refractivity contribution is 5.96. The minimum atomic E-state index is -0.503. The minimum absolute atomic E-state index is 0.148. The van der Waals surface area contributed by atoms with Crippen LogP contribution in [0.15, 0.2) is 60.8 Å². The van der Waals surface area contributed by atoms with Crippen molar-refractivity contribution in [3.8, 4) is 0 Å². The summed E-state index contributed by atoms with van der Waals surface area (Å²) in [4.78, 5) is 32.4. The summed E-state index contributed by atoms with van der Waals surface area (Å²) in [6.07, 6.45) is 1.43. The molecule has 1 amide bonds. The molecule has 0 unspecified atom stereocenters. The van der Waals surface area contributed by atoms with Gasteiger partial charge in [0.15, 0.2) is 0 Å². The van der Waals surface area contributed by atoms with Crippen molar-refractivity contribution in [1.82, 2.24) is 15.3 Å². The third kappa shape index (κ3) is 4.67. The fraction of sp³-hybridized carbons (Fsp3) is 0.100. The van der Waals surface area contributed by atoms with Crippen molar-refractivity contribution < 1.29 is 18.7 Å². The molecule has 1 heterocycles. The summed E-state index contributed by atoms with van der Waals surface area (Å²) in [5.41, 5.74) is 1.68. The fourth-order valence-corrected chi connectivity index (χ4v) is 2.42. The van der Waals surface area contributed by atoms with E-state index in [9.17, 15) is 14.0 Å². The number of methoxy groups -OCH3 is 1. The van der Waals surface area contributed by atoms with Crippen LogP contribution in [0.4, 0.5) is 16.0 Å². The number of rotatable bonds is 6. The van der Waals surface area contributed by atoms with E-state index in [1.165, 1.54) is 31.5 Å². The number of aromatic nitrogens is 2. The quantitative estimate of drug-likeness (QED) is 0.639. The molecule has 2 N–H and O–H groups in total. The van der Waals surface area contributed by atoms with E-state index >= 15 is 0 Å². The molecule has 0 spiro atoms. The van der Waals surface area contributed by atoms with Gasteiger partial charge in [0.05, 0.1) is 18.4 Å². The summed E-state index contributed by atoms with van der Waals surface area (Å²) in [6, 6.07) is 14.0. The molecule has 0 radical (unpaired) electrons. The number of hydrogen-bond acceptors (Lipinski definition) is 6. The van der Waals surface area contributed by atoms with E-state index in [4.69, 9.17) is 4.74 Å². The average molecular weight is 380 g/mol. The van der Waals surface area contributed by atoms with E-state index in [2.05, 4.69) is 20.6 Å². The van der Waals surface area contributed by atoms with Gasteiger partial charge in [0.2, 0.25) is 5.95 Å². The number of ether oxygens (including phenoxy) is 1. The van der Waals surface area contributed by atoms with E-state index in [1.807, 2.05) is 0 Å². The molecular formula is C20H17FN4O3. The summed E-state index contributed by atoms with van der Waals surface area (Å²) in [6.45, 7) is 0.233. The summed E-state index contributed by atoms with van der Waals surface area (Å²) in [5.74, 6) is -1.09. The van der Waals surface area contributed by atoms with E-state index in [0.717, 1.165) is 5.56 Å². The zero-order valence-corrected chi connectivity index (χ0v) is 15.0. The molecule has 0 aliphatic heterocycles. The van der Waals surface area contributed by atoms with Crippen LogP contribution < -0.4 is 10.6 Å². The van der Waals surface area contributed by atoms with Crippen molar-refractivity contribution >= 4 is 23.5 Å². The van der Waals surface area contributed by atoms with Crippen molar-refractivity contribution in [1.29, 1.82) is 0 Å². The lowest BCUT2D eigenvalue weighted by atomic mass is 10.2. The van der Waals surface area contributed by atoms with Gasteiger partial charge in [-0.05, 0) is 35.9 Å². The van der Waals surface area contributed by atoms with Crippen molar-refractivity contribution in [3.63, 3.8) is 0 Å². The minimum Gasteiger partial charge on any atom is -0.465 e. The summed E-state index contributed by atoms with van der Waals surface area (Å²) < 4.78 is 17.7. The van der Waals surface area contributed by atoms with Gasteiger partial charge in [0.25, 0.3) is 5.91 Å². The number of hydrogen-bond donors (Lipinski definition) is 2. The second-order valence-electron chi connectivity index (χ2n) is 5.74. The zero-order chi connectivity index (χ0) is 19.9.